The van der Waals surface area contributed by atoms with Crippen LogP contribution in [0.2, 0.25) is 0 Å². The third kappa shape index (κ3) is 4.97. The number of alkyl halides is 2. The van der Waals surface area contributed by atoms with Crippen molar-refractivity contribution in [2.75, 3.05) is 6.54 Å². The lowest BCUT2D eigenvalue weighted by Gasteiger charge is -2.33. The molecule has 23 heavy (non-hydrogen) atoms. The zero-order chi connectivity index (χ0) is 17.8. The van der Waals surface area contributed by atoms with Gasteiger partial charge in [-0.1, -0.05) is 26.0 Å². The summed E-state index contributed by atoms with van der Waals surface area (Å²) < 4.78 is 47.0. The standard InChI is InChI=1S/C15H22F2N2O3S/c1-10(2)15(3,9-18)19-13(20)12-6-4-11(5-7-12)8-23(21,22)14(16)17/h4-7,10,14H,8-9,18H2,1-3H3,(H,19,20). The van der Waals surface area contributed by atoms with Crippen LogP contribution < -0.4 is 11.1 Å². The monoisotopic (exact) mass is 348 g/mol. The first-order valence-electron chi connectivity index (χ1n) is 7.13. The average Bonchev–Trinajstić information content (AvgIpc) is 2.46. The van der Waals surface area contributed by atoms with E-state index in [0.717, 1.165) is 0 Å². The number of sulfone groups is 1. The highest BCUT2D eigenvalue weighted by Gasteiger charge is 2.29. The first kappa shape index (κ1) is 19.5. The van der Waals surface area contributed by atoms with Crippen LogP contribution in [0.25, 0.3) is 0 Å². The van der Waals surface area contributed by atoms with Gasteiger partial charge in [-0.15, -0.1) is 0 Å². The predicted molar refractivity (Wildman–Crippen MR) is 84.8 cm³/mol. The lowest BCUT2D eigenvalue weighted by molar-refractivity contribution is 0.0883. The normalized spacial score (nSPS) is 14.8. The van der Waals surface area contributed by atoms with Crippen LogP contribution in [-0.4, -0.2) is 32.2 Å². The molecule has 130 valence electrons. The maximum Gasteiger partial charge on any atom is 0.337 e. The first-order chi connectivity index (χ1) is 10.5. The number of amides is 1. The largest absolute Gasteiger partial charge is 0.345 e. The number of halogens is 2. The quantitative estimate of drug-likeness (QED) is 0.788. The van der Waals surface area contributed by atoms with Gasteiger partial charge in [-0.2, -0.15) is 8.78 Å². The summed E-state index contributed by atoms with van der Waals surface area (Å²) in [6, 6.07) is 5.51. The minimum absolute atomic E-state index is 0.118. The number of nitrogens with one attached hydrogen (secondary N) is 1. The van der Waals surface area contributed by atoms with Crippen molar-refractivity contribution in [2.45, 2.75) is 37.8 Å². The van der Waals surface area contributed by atoms with Gasteiger partial charge in [-0.25, -0.2) is 8.42 Å². The van der Waals surface area contributed by atoms with E-state index in [1.54, 1.807) is 0 Å². The zero-order valence-corrected chi connectivity index (χ0v) is 14.2. The van der Waals surface area contributed by atoms with E-state index in [1.807, 2.05) is 20.8 Å². The second kappa shape index (κ2) is 7.35. The van der Waals surface area contributed by atoms with Gasteiger partial charge in [-0.3, -0.25) is 4.79 Å². The number of carbonyl (C=O) groups excluding carboxylic acids is 1. The molecule has 0 aliphatic rings. The maximum atomic E-state index is 12.3. The van der Waals surface area contributed by atoms with Crippen molar-refractivity contribution in [3.8, 4) is 0 Å². The molecule has 0 aliphatic heterocycles. The van der Waals surface area contributed by atoms with Crippen molar-refractivity contribution >= 4 is 15.7 Å². The Bertz CT molecular complexity index is 645. The first-order valence-corrected chi connectivity index (χ1v) is 8.84. The van der Waals surface area contributed by atoms with Gasteiger partial charge in [0.1, 0.15) is 0 Å². The summed E-state index contributed by atoms with van der Waals surface area (Å²) in [6.07, 6.45) is 0. The molecular weight excluding hydrogens is 326 g/mol. The lowest BCUT2D eigenvalue weighted by Crippen LogP contribution is -2.55. The van der Waals surface area contributed by atoms with Gasteiger partial charge in [0.25, 0.3) is 5.91 Å². The van der Waals surface area contributed by atoms with Crippen LogP contribution in [0.4, 0.5) is 8.78 Å². The van der Waals surface area contributed by atoms with Gasteiger partial charge in [0.15, 0.2) is 0 Å². The van der Waals surface area contributed by atoms with E-state index < -0.39 is 26.9 Å². The number of nitrogens with two attached hydrogens (primary N) is 1. The Balaban J connectivity index is 2.87. The lowest BCUT2D eigenvalue weighted by atomic mass is 9.88. The van der Waals surface area contributed by atoms with E-state index in [1.165, 1.54) is 24.3 Å². The smallest absolute Gasteiger partial charge is 0.337 e. The molecule has 0 spiro atoms. The molecular formula is C15H22F2N2O3S. The van der Waals surface area contributed by atoms with Crippen molar-refractivity contribution in [1.82, 2.24) is 5.32 Å². The maximum absolute atomic E-state index is 12.3. The molecule has 8 heteroatoms. The number of carbonyl (C=O) groups is 1. The second-order valence-corrected chi connectivity index (χ2v) is 7.97. The Morgan fingerprint density at radius 3 is 2.17 bits per heavy atom. The topological polar surface area (TPSA) is 89.3 Å². The van der Waals surface area contributed by atoms with Gasteiger partial charge >= 0.3 is 5.76 Å². The number of hydrogen-bond acceptors (Lipinski definition) is 4. The molecule has 0 fully saturated rings. The molecule has 1 amide bonds. The van der Waals surface area contributed by atoms with Gasteiger partial charge in [0, 0.05) is 12.1 Å². The Kier molecular flexibility index (Phi) is 6.24. The van der Waals surface area contributed by atoms with Crippen molar-refractivity contribution in [3.05, 3.63) is 35.4 Å². The van der Waals surface area contributed by atoms with Gasteiger partial charge in [0.05, 0.1) is 11.3 Å². The van der Waals surface area contributed by atoms with Crippen LogP contribution in [0.15, 0.2) is 24.3 Å². The van der Waals surface area contributed by atoms with E-state index in [-0.39, 0.29) is 23.9 Å². The Hall–Kier alpha value is -1.54. The Morgan fingerprint density at radius 2 is 1.78 bits per heavy atom. The molecule has 1 atom stereocenters. The van der Waals surface area contributed by atoms with Gasteiger partial charge in [-0.05, 0) is 30.5 Å². The zero-order valence-electron chi connectivity index (χ0n) is 13.3. The number of benzene rings is 1. The third-order valence-corrected chi connectivity index (χ3v) is 5.23. The van der Waals surface area contributed by atoms with E-state index in [2.05, 4.69) is 5.32 Å². The summed E-state index contributed by atoms with van der Waals surface area (Å²) >= 11 is 0. The van der Waals surface area contributed by atoms with E-state index in [4.69, 9.17) is 5.73 Å². The van der Waals surface area contributed by atoms with E-state index in [0.29, 0.717) is 5.56 Å². The van der Waals surface area contributed by atoms with Crippen molar-refractivity contribution in [1.29, 1.82) is 0 Å². The highest BCUT2D eigenvalue weighted by molar-refractivity contribution is 7.90. The van der Waals surface area contributed by atoms with Crippen LogP contribution in [0.5, 0.6) is 0 Å². The molecule has 1 aromatic rings. The van der Waals surface area contributed by atoms with Crippen molar-refractivity contribution in [2.24, 2.45) is 11.7 Å². The molecule has 5 nitrogen and oxygen atoms in total. The summed E-state index contributed by atoms with van der Waals surface area (Å²) in [6.45, 7) is 5.97. The molecule has 1 rings (SSSR count). The highest BCUT2D eigenvalue weighted by Crippen LogP contribution is 2.17. The SMILES string of the molecule is CC(C)C(C)(CN)NC(=O)c1ccc(CS(=O)(=O)C(F)F)cc1. The summed E-state index contributed by atoms with van der Waals surface area (Å²) in [4.78, 5) is 12.2. The third-order valence-electron chi connectivity index (χ3n) is 3.95. The molecule has 0 bridgehead atoms. The molecule has 3 N–H and O–H groups in total. The van der Waals surface area contributed by atoms with Gasteiger partial charge in [0.2, 0.25) is 9.84 Å². The van der Waals surface area contributed by atoms with Crippen LogP contribution in [0.3, 0.4) is 0 Å². The van der Waals surface area contributed by atoms with Crippen LogP contribution in [0, 0.1) is 5.92 Å². The highest BCUT2D eigenvalue weighted by atomic mass is 32.2. The minimum atomic E-state index is -4.48. The molecule has 0 aromatic heterocycles. The molecule has 0 saturated carbocycles. The average molecular weight is 348 g/mol. The fourth-order valence-electron chi connectivity index (χ4n) is 1.81. The summed E-state index contributed by atoms with van der Waals surface area (Å²) in [5, 5.41) is 2.84. The van der Waals surface area contributed by atoms with Crippen LogP contribution >= 0.6 is 0 Å². The molecule has 0 heterocycles. The predicted octanol–water partition coefficient (Wildman–Crippen LogP) is 1.93. The fraction of sp³-hybridized carbons (Fsp3) is 0.533. The van der Waals surface area contributed by atoms with Crippen LogP contribution in [-0.2, 0) is 15.6 Å². The fourth-order valence-corrected chi connectivity index (χ4v) is 2.59. The Morgan fingerprint density at radius 1 is 1.26 bits per heavy atom. The second-order valence-electron chi connectivity index (χ2n) is 6.00. The number of hydrogen-bond donors (Lipinski definition) is 2. The van der Waals surface area contributed by atoms with Gasteiger partial charge < -0.3 is 11.1 Å². The number of rotatable bonds is 7. The van der Waals surface area contributed by atoms with Crippen molar-refractivity contribution in [3.63, 3.8) is 0 Å². The van der Waals surface area contributed by atoms with Crippen molar-refractivity contribution < 1.29 is 22.0 Å². The summed E-state index contributed by atoms with van der Waals surface area (Å²) in [7, 11) is -4.48. The minimum Gasteiger partial charge on any atom is -0.345 e. The van der Waals surface area contributed by atoms with Crippen LogP contribution in [0.1, 0.15) is 36.7 Å². The molecule has 1 aromatic carbocycles. The molecule has 0 radical (unpaired) electrons. The van der Waals surface area contributed by atoms with E-state index in [9.17, 15) is 22.0 Å². The van der Waals surface area contributed by atoms with E-state index >= 15 is 0 Å². The summed E-state index contributed by atoms with van der Waals surface area (Å²) in [5.41, 5.74) is 5.64. The molecule has 0 saturated heterocycles. The Labute approximate surface area is 135 Å². The molecule has 0 aliphatic carbocycles. The molecule has 1 unspecified atom stereocenters. The summed E-state index contributed by atoms with van der Waals surface area (Å²) in [5.74, 6) is -4.41.